The Balaban J connectivity index is 1.79. The normalized spacial score (nSPS) is 23.9. The van der Waals surface area contributed by atoms with Crippen LogP contribution in [0.4, 0.5) is 5.69 Å². The smallest absolute Gasteiger partial charge is 0.0361 e. The fourth-order valence-electron chi connectivity index (χ4n) is 2.50. The van der Waals surface area contributed by atoms with Crippen LogP contribution in [0.15, 0.2) is 24.3 Å². The van der Waals surface area contributed by atoms with Crippen LogP contribution >= 0.6 is 0 Å². The maximum absolute atomic E-state index is 5.92. The molecule has 1 aliphatic rings. The molecule has 0 atom stereocenters. The summed E-state index contributed by atoms with van der Waals surface area (Å²) in [5, 5.41) is 3.64. The largest absolute Gasteiger partial charge is 0.378 e. The van der Waals surface area contributed by atoms with Crippen molar-refractivity contribution in [2.45, 2.75) is 44.3 Å². The van der Waals surface area contributed by atoms with Crippen molar-refractivity contribution in [3.05, 3.63) is 29.8 Å². The Morgan fingerprint density at radius 3 is 2.28 bits per heavy atom. The number of nitrogens with two attached hydrogens (primary N) is 1. The molecule has 2 rings (SSSR count). The van der Waals surface area contributed by atoms with Gasteiger partial charge in [-0.2, -0.15) is 0 Å². The number of rotatable bonds is 4. The zero-order valence-corrected chi connectivity index (χ0v) is 11.5. The number of nitrogens with one attached hydrogen (secondary N) is 1. The van der Waals surface area contributed by atoms with Crippen molar-refractivity contribution in [1.82, 2.24) is 5.32 Å². The summed E-state index contributed by atoms with van der Waals surface area (Å²) in [5.74, 6) is 0. The van der Waals surface area contributed by atoms with Gasteiger partial charge >= 0.3 is 0 Å². The molecule has 0 unspecified atom stereocenters. The predicted molar refractivity (Wildman–Crippen MR) is 77.8 cm³/mol. The molecule has 0 spiro atoms. The van der Waals surface area contributed by atoms with Gasteiger partial charge in [0, 0.05) is 38.4 Å². The van der Waals surface area contributed by atoms with E-state index >= 15 is 0 Å². The molecule has 0 bridgehead atoms. The molecule has 0 radical (unpaired) electrons. The number of nitrogens with zero attached hydrogens (tertiary/aromatic N) is 1. The van der Waals surface area contributed by atoms with Gasteiger partial charge in [0.15, 0.2) is 0 Å². The minimum absolute atomic E-state index is 0.433. The summed E-state index contributed by atoms with van der Waals surface area (Å²) in [7, 11) is 4.14. The van der Waals surface area contributed by atoms with Crippen molar-refractivity contribution in [2.24, 2.45) is 5.73 Å². The Morgan fingerprint density at radius 2 is 1.72 bits per heavy atom. The first kappa shape index (κ1) is 13.4. The van der Waals surface area contributed by atoms with Crippen LogP contribution < -0.4 is 16.0 Å². The third-order valence-electron chi connectivity index (χ3n) is 3.82. The minimum Gasteiger partial charge on any atom is -0.378 e. The lowest BCUT2D eigenvalue weighted by Crippen LogP contribution is -2.37. The van der Waals surface area contributed by atoms with Gasteiger partial charge in [-0.1, -0.05) is 12.1 Å². The monoisotopic (exact) mass is 247 g/mol. The minimum atomic E-state index is 0.433. The van der Waals surface area contributed by atoms with Gasteiger partial charge in [-0.25, -0.2) is 0 Å². The molecule has 100 valence electrons. The van der Waals surface area contributed by atoms with Gasteiger partial charge in [0.2, 0.25) is 0 Å². The van der Waals surface area contributed by atoms with Gasteiger partial charge in [-0.05, 0) is 43.4 Å². The van der Waals surface area contributed by atoms with Crippen LogP contribution in [0, 0.1) is 0 Å². The first-order valence-electron chi connectivity index (χ1n) is 6.90. The topological polar surface area (TPSA) is 41.3 Å². The van der Waals surface area contributed by atoms with Crippen LogP contribution in [0.3, 0.4) is 0 Å². The Hall–Kier alpha value is -1.06. The summed E-state index contributed by atoms with van der Waals surface area (Å²) in [6, 6.07) is 9.84. The molecule has 1 fully saturated rings. The number of hydrogen-bond acceptors (Lipinski definition) is 3. The average molecular weight is 247 g/mol. The van der Waals surface area contributed by atoms with E-state index in [1.54, 1.807) is 0 Å². The molecule has 0 amide bonds. The van der Waals surface area contributed by atoms with Gasteiger partial charge in [-0.15, -0.1) is 0 Å². The summed E-state index contributed by atoms with van der Waals surface area (Å²) in [5.41, 5.74) is 8.53. The van der Waals surface area contributed by atoms with Crippen molar-refractivity contribution in [1.29, 1.82) is 0 Å². The molecule has 1 saturated carbocycles. The summed E-state index contributed by atoms with van der Waals surface area (Å²) in [6.07, 6.45) is 4.77. The van der Waals surface area contributed by atoms with Crippen LogP contribution in [0.25, 0.3) is 0 Å². The first-order valence-corrected chi connectivity index (χ1v) is 6.90. The van der Waals surface area contributed by atoms with Crippen LogP contribution in [0.2, 0.25) is 0 Å². The van der Waals surface area contributed by atoms with E-state index in [4.69, 9.17) is 5.73 Å². The van der Waals surface area contributed by atoms with Crippen molar-refractivity contribution in [2.75, 3.05) is 19.0 Å². The number of hydrogen-bond donors (Lipinski definition) is 2. The maximum atomic E-state index is 5.92. The molecule has 0 aromatic heterocycles. The van der Waals surface area contributed by atoms with Crippen LogP contribution in [0.5, 0.6) is 0 Å². The van der Waals surface area contributed by atoms with E-state index in [9.17, 15) is 0 Å². The van der Waals surface area contributed by atoms with Crippen LogP contribution in [0.1, 0.15) is 31.2 Å². The van der Waals surface area contributed by atoms with Crippen molar-refractivity contribution in [3.8, 4) is 0 Å². The summed E-state index contributed by atoms with van der Waals surface area (Å²) in [6.45, 7) is 0.966. The quantitative estimate of drug-likeness (QED) is 0.856. The third kappa shape index (κ3) is 3.72. The lowest BCUT2D eigenvalue weighted by molar-refractivity contribution is 0.342. The first-order chi connectivity index (χ1) is 8.65. The van der Waals surface area contributed by atoms with E-state index in [0.717, 1.165) is 19.4 Å². The Bertz CT molecular complexity index is 351. The Kier molecular flexibility index (Phi) is 4.61. The average Bonchev–Trinajstić information content (AvgIpc) is 2.38. The summed E-state index contributed by atoms with van der Waals surface area (Å²) in [4.78, 5) is 2.12. The second kappa shape index (κ2) is 6.21. The van der Waals surface area contributed by atoms with Gasteiger partial charge in [0.25, 0.3) is 0 Å². The van der Waals surface area contributed by atoms with E-state index in [1.807, 2.05) is 0 Å². The third-order valence-corrected chi connectivity index (χ3v) is 3.82. The summed E-state index contributed by atoms with van der Waals surface area (Å²) >= 11 is 0. The molecule has 3 heteroatoms. The van der Waals surface area contributed by atoms with Gasteiger partial charge < -0.3 is 16.0 Å². The van der Waals surface area contributed by atoms with Gasteiger partial charge in [0.1, 0.15) is 0 Å². The lowest BCUT2D eigenvalue weighted by atomic mass is 9.92. The zero-order valence-electron chi connectivity index (χ0n) is 11.5. The number of anilines is 1. The Morgan fingerprint density at radius 1 is 1.11 bits per heavy atom. The van der Waals surface area contributed by atoms with E-state index in [2.05, 4.69) is 48.6 Å². The number of benzene rings is 1. The van der Waals surface area contributed by atoms with Gasteiger partial charge in [-0.3, -0.25) is 0 Å². The van der Waals surface area contributed by atoms with E-state index in [-0.39, 0.29) is 0 Å². The predicted octanol–water partition coefficient (Wildman–Crippen LogP) is 2.11. The molecule has 0 saturated heterocycles. The van der Waals surface area contributed by atoms with Crippen molar-refractivity contribution < 1.29 is 0 Å². The van der Waals surface area contributed by atoms with E-state index < -0.39 is 0 Å². The van der Waals surface area contributed by atoms with E-state index in [1.165, 1.54) is 24.1 Å². The second-order valence-electron chi connectivity index (χ2n) is 5.55. The molecule has 0 aliphatic heterocycles. The summed E-state index contributed by atoms with van der Waals surface area (Å²) < 4.78 is 0. The molecule has 3 N–H and O–H groups in total. The highest BCUT2D eigenvalue weighted by Crippen LogP contribution is 2.18. The highest BCUT2D eigenvalue weighted by Gasteiger charge is 2.17. The maximum Gasteiger partial charge on any atom is 0.0361 e. The fourth-order valence-corrected chi connectivity index (χ4v) is 2.50. The van der Waals surface area contributed by atoms with Crippen LogP contribution in [-0.4, -0.2) is 26.2 Å². The Labute approximate surface area is 110 Å². The van der Waals surface area contributed by atoms with Gasteiger partial charge in [0.05, 0.1) is 0 Å². The molecule has 1 aromatic carbocycles. The van der Waals surface area contributed by atoms with Crippen molar-refractivity contribution >= 4 is 5.69 Å². The SMILES string of the molecule is CN(C)c1ccc(CNC2CCC(N)CC2)cc1. The molecular formula is C15H25N3. The highest BCUT2D eigenvalue weighted by atomic mass is 15.1. The second-order valence-corrected chi connectivity index (χ2v) is 5.55. The zero-order chi connectivity index (χ0) is 13.0. The van der Waals surface area contributed by atoms with Crippen LogP contribution in [-0.2, 0) is 6.54 Å². The molecule has 3 nitrogen and oxygen atoms in total. The molecule has 1 aromatic rings. The molecule has 18 heavy (non-hydrogen) atoms. The molecule has 0 heterocycles. The standard InChI is InChI=1S/C15H25N3/c1-18(2)15-9-3-12(4-10-15)11-17-14-7-5-13(16)6-8-14/h3-4,9-10,13-14,17H,5-8,11,16H2,1-2H3. The van der Waals surface area contributed by atoms with E-state index in [0.29, 0.717) is 12.1 Å². The van der Waals surface area contributed by atoms with Crippen molar-refractivity contribution in [3.63, 3.8) is 0 Å². The molecule has 1 aliphatic carbocycles. The lowest BCUT2D eigenvalue weighted by Gasteiger charge is -2.27. The molecular weight excluding hydrogens is 222 g/mol. The highest BCUT2D eigenvalue weighted by molar-refractivity contribution is 5.45. The fraction of sp³-hybridized carbons (Fsp3) is 0.600.